The number of fused-ring (bicyclic) bond motifs is 1. The molecule has 5 rings (SSSR count). The number of hydrogen-bond acceptors (Lipinski definition) is 5. The van der Waals surface area contributed by atoms with Gasteiger partial charge in [-0.3, -0.25) is 19.3 Å². The lowest BCUT2D eigenvalue weighted by atomic mass is 10.0. The minimum absolute atomic E-state index is 0.0432. The van der Waals surface area contributed by atoms with Crippen molar-refractivity contribution in [2.75, 3.05) is 18.4 Å². The first-order valence-corrected chi connectivity index (χ1v) is 13.3. The van der Waals surface area contributed by atoms with E-state index < -0.39 is 11.8 Å². The Kier molecular flexibility index (Phi) is 7.62. The summed E-state index contributed by atoms with van der Waals surface area (Å²) in [7, 11) is 0. The molecule has 40 heavy (non-hydrogen) atoms. The number of rotatable bonds is 7. The third kappa shape index (κ3) is 5.31. The van der Waals surface area contributed by atoms with Gasteiger partial charge in [0, 0.05) is 60.2 Å². The molecule has 0 aliphatic carbocycles. The molecule has 8 nitrogen and oxygen atoms in total. The van der Waals surface area contributed by atoms with Crippen molar-refractivity contribution in [3.05, 3.63) is 83.8 Å². The van der Waals surface area contributed by atoms with Crippen LogP contribution in [-0.2, 0) is 10.7 Å². The first kappa shape index (κ1) is 27.4. The number of anilines is 1. The summed E-state index contributed by atoms with van der Waals surface area (Å²) < 4.78 is 30.0. The predicted molar refractivity (Wildman–Crippen MR) is 149 cm³/mol. The molecule has 0 bridgehead atoms. The molecule has 11 heteroatoms. The number of likely N-dealkylation sites (tertiary alicyclic amines) is 1. The Morgan fingerprint density at radius 2 is 2.00 bits per heavy atom. The fraction of sp³-hybridized carbons (Fsp3) is 0.276. The number of aromatic nitrogens is 4. The van der Waals surface area contributed by atoms with Gasteiger partial charge in [0.05, 0.1) is 16.6 Å². The van der Waals surface area contributed by atoms with Crippen molar-refractivity contribution in [3.63, 3.8) is 0 Å². The van der Waals surface area contributed by atoms with E-state index in [0.717, 1.165) is 29.3 Å². The molecule has 1 atom stereocenters. The Morgan fingerprint density at radius 1 is 1.23 bits per heavy atom. The number of piperidine rings is 1. The number of benzene rings is 1. The highest BCUT2D eigenvalue weighted by molar-refractivity contribution is 6.35. The van der Waals surface area contributed by atoms with Crippen molar-refractivity contribution < 1.29 is 18.4 Å². The van der Waals surface area contributed by atoms with E-state index in [1.165, 1.54) is 31.3 Å². The summed E-state index contributed by atoms with van der Waals surface area (Å²) >= 11 is 6.57. The Balaban J connectivity index is 1.42. The van der Waals surface area contributed by atoms with Crippen molar-refractivity contribution >= 4 is 40.1 Å². The third-order valence-corrected chi connectivity index (χ3v) is 7.36. The average molecular weight is 565 g/mol. The number of carbonyl (C=O) groups is 2. The zero-order chi connectivity index (χ0) is 28.4. The van der Waals surface area contributed by atoms with Crippen LogP contribution in [0.4, 0.5) is 14.6 Å². The Morgan fingerprint density at radius 3 is 2.73 bits per heavy atom. The fourth-order valence-corrected chi connectivity index (χ4v) is 5.15. The first-order chi connectivity index (χ1) is 19.2. The van der Waals surface area contributed by atoms with Crippen molar-refractivity contribution in [1.29, 1.82) is 0 Å². The minimum Gasteiger partial charge on any atom is -0.337 e. The van der Waals surface area contributed by atoms with Crippen LogP contribution < -0.4 is 5.32 Å². The molecule has 4 aromatic rings. The lowest BCUT2D eigenvalue weighted by molar-refractivity contribution is -0.127. The van der Waals surface area contributed by atoms with Gasteiger partial charge in [-0.05, 0) is 43.2 Å². The topological polar surface area (TPSA) is 93.0 Å². The number of amides is 2. The summed E-state index contributed by atoms with van der Waals surface area (Å²) in [4.78, 5) is 35.1. The molecule has 1 saturated heterocycles. The van der Waals surface area contributed by atoms with Crippen LogP contribution in [0, 0.1) is 0 Å². The molecule has 0 radical (unpaired) electrons. The van der Waals surface area contributed by atoms with Crippen LogP contribution in [0.3, 0.4) is 0 Å². The summed E-state index contributed by atoms with van der Waals surface area (Å²) in [5, 5.41) is 8.67. The lowest BCUT2D eigenvalue weighted by Gasteiger charge is -2.32. The van der Waals surface area contributed by atoms with Crippen molar-refractivity contribution in [1.82, 2.24) is 24.6 Å². The molecule has 3 aromatic heterocycles. The lowest BCUT2D eigenvalue weighted by Crippen LogP contribution is -2.40. The molecule has 1 aromatic carbocycles. The average Bonchev–Trinajstić information content (AvgIpc) is 3.38. The highest BCUT2D eigenvalue weighted by Crippen LogP contribution is 2.36. The highest BCUT2D eigenvalue weighted by Gasteiger charge is 2.30. The monoisotopic (exact) mass is 564 g/mol. The largest absolute Gasteiger partial charge is 0.337 e. The zero-order valence-corrected chi connectivity index (χ0v) is 22.5. The summed E-state index contributed by atoms with van der Waals surface area (Å²) in [6.07, 6.45) is 7.11. The summed E-state index contributed by atoms with van der Waals surface area (Å²) in [6, 6.07) is 9.10. The predicted octanol–water partition coefficient (Wildman–Crippen LogP) is 6.25. The second kappa shape index (κ2) is 11.1. The first-order valence-electron chi connectivity index (χ1n) is 12.9. The van der Waals surface area contributed by atoms with Gasteiger partial charge >= 0.3 is 0 Å². The second-order valence-electron chi connectivity index (χ2n) is 9.61. The van der Waals surface area contributed by atoms with Gasteiger partial charge in [0.15, 0.2) is 0 Å². The Hall–Kier alpha value is -4.18. The summed E-state index contributed by atoms with van der Waals surface area (Å²) in [6.45, 7) is 6.13. The van der Waals surface area contributed by atoms with E-state index in [1.807, 2.05) is 4.68 Å². The van der Waals surface area contributed by atoms with E-state index in [0.29, 0.717) is 29.4 Å². The molecule has 0 spiro atoms. The number of nitrogens with one attached hydrogen (secondary N) is 1. The smallest absolute Gasteiger partial charge is 0.273 e. The second-order valence-corrected chi connectivity index (χ2v) is 10.0. The van der Waals surface area contributed by atoms with Crippen molar-refractivity contribution in [2.45, 2.75) is 38.2 Å². The maximum absolute atomic E-state index is 14.1. The van der Waals surface area contributed by atoms with E-state index >= 15 is 0 Å². The van der Waals surface area contributed by atoms with Crippen molar-refractivity contribution in [2.24, 2.45) is 0 Å². The number of halogens is 3. The molecule has 2 amide bonds. The standard InChI is InChI=1S/C29H27ClF2N6O2/c1-3-25(39)37-13-5-6-21(17-37)38-27-22(15-33-16-23(27)30)26(36-38)18-7-9-19(10-8-18)28(40)35-24-14-20(11-12-34-24)29(31,32)4-2/h3,7-12,14-16,21H,1,4-6,13,17H2,2H3,(H,34,35,40)/t21-/m1/s1. The van der Waals surface area contributed by atoms with Crippen LogP contribution in [0.2, 0.25) is 5.02 Å². The van der Waals surface area contributed by atoms with Crippen LogP contribution in [0.5, 0.6) is 0 Å². The molecule has 0 saturated carbocycles. The normalized spacial score (nSPS) is 15.7. The van der Waals surface area contributed by atoms with Gasteiger partial charge in [-0.15, -0.1) is 0 Å². The minimum atomic E-state index is -3.01. The summed E-state index contributed by atoms with van der Waals surface area (Å²) in [5.41, 5.74) is 2.22. The maximum Gasteiger partial charge on any atom is 0.273 e. The SMILES string of the molecule is C=CC(=O)N1CCC[C@@H](n2nc(-c3ccc(C(=O)Nc4cc(C(F)(F)CC)ccn4)cc3)c3cncc(Cl)c32)C1. The van der Waals surface area contributed by atoms with Crippen LogP contribution in [0.1, 0.15) is 48.1 Å². The van der Waals surface area contributed by atoms with Gasteiger partial charge in [-0.1, -0.05) is 37.2 Å². The number of carbonyl (C=O) groups excluding carboxylic acids is 2. The fourth-order valence-electron chi connectivity index (χ4n) is 4.91. The molecule has 0 unspecified atom stereocenters. The number of hydrogen-bond donors (Lipinski definition) is 1. The maximum atomic E-state index is 14.1. The third-order valence-electron chi connectivity index (χ3n) is 7.08. The van der Waals surface area contributed by atoms with E-state index in [2.05, 4.69) is 21.9 Å². The van der Waals surface area contributed by atoms with Gasteiger partial charge in [-0.25, -0.2) is 13.8 Å². The van der Waals surface area contributed by atoms with Crippen LogP contribution >= 0.6 is 11.6 Å². The quantitative estimate of drug-likeness (QED) is 0.268. The Bertz CT molecular complexity index is 1590. The number of nitrogens with zero attached hydrogens (tertiary/aromatic N) is 5. The van der Waals surface area contributed by atoms with Gasteiger partial charge in [-0.2, -0.15) is 5.10 Å². The van der Waals surface area contributed by atoms with E-state index in [-0.39, 0.29) is 29.8 Å². The Labute approximate surface area is 234 Å². The number of alkyl halides is 2. The molecule has 1 N–H and O–H groups in total. The molecular formula is C29H27ClF2N6O2. The van der Waals surface area contributed by atoms with Crippen LogP contribution in [-0.4, -0.2) is 49.6 Å². The molecule has 206 valence electrons. The van der Waals surface area contributed by atoms with E-state index in [1.54, 1.807) is 41.6 Å². The van der Waals surface area contributed by atoms with Crippen LogP contribution in [0.25, 0.3) is 22.2 Å². The summed E-state index contributed by atoms with van der Waals surface area (Å²) in [5.74, 6) is -3.57. The zero-order valence-electron chi connectivity index (χ0n) is 21.8. The van der Waals surface area contributed by atoms with Crippen LogP contribution in [0.15, 0.2) is 67.6 Å². The van der Waals surface area contributed by atoms with Crippen molar-refractivity contribution in [3.8, 4) is 11.3 Å². The molecule has 1 aliphatic heterocycles. The highest BCUT2D eigenvalue weighted by atomic mass is 35.5. The van der Waals surface area contributed by atoms with E-state index in [4.69, 9.17) is 16.7 Å². The molecule has 4 heterocycles. The van der Waals surface area contributed by atoms with Gasteiger partial charge in [0.25, 0.3) is 11.8 Å². The number of pyridine rings is 2. The van der Waals surface area contributed by atoms with Gasteiger partial charge < -0.3 is 10.2 Å². The molecule has 1 fully saturated rings. The molecular weight excluding hydrogens is 538 g/mol. The van der Waals surface area contributed by atoms with Gasteiger partial charge in [0.2, 0.25) is 5.91 Å². The van der Waals surface area contributed by atoms with E-state index in [9.17, 15) is 18.4 Å². The van der Waals surface area contributed by atoms with Gasteiger partial charge in [0.1, 0.15) is 11.5 Å². The molecule has 1 aliphatic rings.